The molecule has 1 aromatic carbocycles. The molecule has 0 aliphatic carbocycles. The van der Waals surface area contributed by atoms with Crippen LogP contribution in [0.1, 0.15) is 61.9 Å². The van der Waals surface area contributed by atoms with Crippen LogP contribution in [0.4, 0.5) is 14.2 Å². The second-order valence-electron chi connectivity index (χ2n) is 7.86. The first-order valence-corrected chi connectivity index (χ1v) is 13.1. The van der Waals surface area contributed by atoms with Gasteiger partial charge in [-0.05, 0) is 62.6 Å². The fourth-order valence-electron chi connectivity index (χ4n) is 3.21. The molecule has 1 heterocycles. The lowest BCUT2D eigenvalue weighted by Crippen LogP contribution is -2.33. The van der Waals surface area contributed by atoms with Crippen molar-refractivity contribution in [3.63, 3.8) is 0 Å². The summed E-state index contributed by atoms with van der Waals surface area (Å²) in [6, 6.07) is 4.11. The number of ether oxygens (including phenoxy) is 1. The Morgan fingerprint density at radius 2 is 1.85 bits per heavy atom. The minimum Gasteiger partial charge on any atom is -0.471 e. The van der Waals surface area contributed by atoms with Crippen molar-refractivity contribution in [2.24, 2.45) is 5.73 Å². The Balaban J connectivity index is 1.87. The normalized spacial score (nSPS) is 11.0. The number of carbonyl (C=O) groups is 2. The van der Waals surface area contributed by atoms with Crippen molar-refractivity contribution in [1.82, 2.24) is 14.6 Å². The minimum atomic E-state index is -0.794. The van der Waals surface area contributed by atoms with E-state index in [1.807, 2.05) is 0 Å². The third-order valence-electron chi connectivity index (χ3n) is 5.11. The number of hydrogen-bond acceptors (Lipinski definition) is 6. The molecule has 0 radical (unpaired) electrons. The van der Waals surface area contributed by atoms with Crippen LogP contribution in [0.15, 0.2) is 22.7 Å². The predicted octanol–water partition coefficient (Wildman–Crippen LogP) is 5.14. The Kier molecular flexibility index (Phi) is 12.3. The summed E-state index contributed by atoms with van der Waals surface area (Å²) in [5.41, 5.74) is 5.74. The molecule has 3 amide bonds. The molecule has 34 heavy (non-hydrogen) atoms. The summed E-state index contributed by atoms with van der Waals surface area (Å²) in [5, 5.41) is 5.60. The molecular weight excluding hydrogens is 525 g/mol. The highest BCUT2D eigenvalue weighted by molar-refractivity contribution is 9.10. The van der Waals surface area contributed by atoms with E-state index in [1.165, 1.54) is 6.07 Å². The van der Waals surface area contributed by atoms with E-state index in [9.17, 15) is 14.0 Å². The first-order valence-electron chi connectivity index (χ1n) is 11.5. The van der Waals surface area contributed by atoms with Gasteiger partial charge in [0.15, 0.2) is 0 Å². The van der Waals surface area contributed by atoms with Gasteiger partial charge in [-0.2, -0.15) is 4.37 Å². The van der Waals surface area contributed by atoms with Crippen molar-refractivity contribution in [2.45, 2.75) is 52.6 Å². The second kappa shape index (κ2) is 14.9. The van der Waals surface area contributed by atoms with Crippen molar-refractivity contribution < 1.29 is 18.7 Å². The number of carbonyl (C=O) groups excluding carboxylic acids is 2. The maximum absolute atomic E-state index is 14.0. The number of nitrogens with one attached hydrogen (secondary N) is 2. The number of halogens is 2. The highest BCUT2D eigenvalue weighted by Crippen LogP contribution is 2.31. The summed E-state index contributed by atoms with van der Waals surface area (Å²) in [4.78, 5) is 26.7. The molecule has 0 saturated carbocycles. The van der Waals surface area contributed by atoms with E-state index in [1.54, 1.807) is 12.1 Å². The Labute approximate surface area is 212 Å². The van der Waals surface area contributed by atoms with Gasteiger partial charge in [0, 0.05) is 16.6 Å². The van der Waals surface area contributed by atoms with E-state index in [4.69, 9.17) is 10.5 Å². The zero-order valence-corrected chi connectivity index (χ0v) is 22.1. The summed E-state index contributed by atoms with van der Waals surface area (Å²) < 4.78 is 24.2. The van der Waals surface area contributed by atoms with Crippen LogP contribution >= 0.6 is 27.5 Å². The SMILES string of the molecule is CCCCN(CCCC)CCCNC(=O)Nc1snc(OCc2ccc(Br)cc2F)c1C(N)=O. The van der Waals surface area contributed by atoms with Gasteiger partial charge < -0.3 is 20.7 Å². The largest absolute Gasteiger partial charge is 0.471 e. The van der Waals surface area contributed by atoms with Crippen molar-refractivity contribution >= 4 is 44.4 Å². The van der Waals surface area contributed by atoms with E-state index in [0.717, 1.165) is 63.3 Å². The van der Waals surface area contributed by atoms with Gasteiger partial charge in [-0.25, -0.2) is 9.18 Å². The number of unbranched alkanes of at least 4 members (excludes halogenated alkanes) is 2. The summed E-state index contributed by atoms with van der Waals surface area (Å²) in [6.07, 6.45) is 5.46. The van der Waals surface area contributed by atoms with Gasteiger partial charge in [-0.1, -0.05) is 48.7 Å². The van der Waals surface area contributed by atoms with Crippen LogP contribution in [-0.4, -0.2) is 47.4 Å². The number of benzene rings is 1. The maximum atomic E-state index is 14.0. The van der Waals surface area contributed by atoms with Gasteiger partial charge >= 0.3 is 6.03 Å². The van der Waals surface area contributed by atoms with E-state index >= 15 is 0 Å². The quantitative estimate of drug-likeness (QED) is 0.263. The molecule has 11 heteroatoms. The predicted molar refractivity (Wildman–Crippen MR) is 137 cm³/mol. The molecule has 0 fully saturated rings. The van der Waals surface area contributed by atoms with Gasteiger partial charge in [0.25, 0.3) is 5.91 Å². The molecule has 0 saturated heterocycles. The Morgan fingerprint density at radius 1 is 1.18 bits per heavy atom. The highest BCUT2D eigenvalue weighted by Gasteiger charge is 2.22. The fourth-order valence-corrected chi connectivity index (χ4v) is 4.28. The number of hydrogen-bond donors (Lipinski definition) is 3. The number of anilines is 1. The number of primary amides is 1. The van der Waals surface area contributed by atoms with Crippen LogP contribution in [0.2, 0.25) is 0 Å². The Morgan fingerprint density at radius 3 is 2.47 bits per heavy atom. The number of nitrogens with two attached hydrogens (primary N) is 1. The van der Waals surface area contributed by atoms with Gasteiger partial charge in [-0.15, -0.1) is 0 Å². The van der Waals surface area contributed by atoms with Crippen molar-refractivity contribution in [1.29, 1.82) is 0 Å². The monoisotopic (exact) mass is 557 g/mol. The standard InChI is InChI=1S/C23H33BrFN5O3S/c1-3-5-11-30(12-6-4-2)13-7-10-27-23(32)28-22-19(20(26)31)21(29-34-22)33-15-16-8-9-17(24)14-18(16)25/h8-9,14H,3-7,10-13,15H2,1-2H3,(H2,26,31)(H2,27,28,32). The Bertz CT molecular complexity index is 935. The third-order valence-corrected chi connectivity index (χ3v) is 6.35. The first-order chi connectivity index (χ1) is 16.3. The molecule has 8 nitrogen and oxygen atoms in total. The van der Waals surface area contributed by atoms with Gasteiger partial charge in [0.1, 0.15) is 23.0 Å². The molecular formula is C23H33BrFN5O3S. The number of urea groups is 1. The van der Waals surface area contributed by atoms with E-state index in [-0.39, 0.29) is 23.1 Å². The third kappa shape index (κ3) is 9.19. The van der Waals surface area contributed by atoms with Crippen LogP contribution in [0.25, 0.3) is 0 Å². The minimum absolute atomic E-state index is 0.0389. The fraction of sp³-hybridized carbons (Fsp3) is 0.522. The number of aromatic nitrogens is 1. The summed E-state index contributed by atoms with van der Waals surface area (Å²) in [5.74, 6) is -1.29. The molecule has 2 rings (SSSR count). The van der Waals surface area contributed by atoms with Gasteiger partial charge in [0.05, 0.1) is 0 Å². The summed E-state index contributed by atoms with van der Waals surface area (Å²) in [7, 11) is 0. The second-order valence-corrected chi connectivity index (χ2v) is 9.55. The summed E-state index contributed by atoms with van der Waals surface area (Å²) >= 11 is 4.08. The van der Waals surface area contributed by atoms with Crippen molar-refractivity contribution in [3.8, 4) is 5.88 Å². The summed E-state index contributed by atoms with van der Waals surface area (Å²) in [6.45, 7) is 7.77. The zero-order valence-electron chi connectivity index (χ0n) is 19.7. The lowest BCUT2D eigenvalue weighted by atomic mass is 10.2. The lowest BCUT2D eigenvalue weighted by molar-refractivity contribution is 0.0996. The molecule has 4 N–H and O–H groups in total. The topological polar surface area (TPSA) is 110 Å². The zero-order chi connectivity index (χ0) is 24.9. The molecule has 0 spiro atoms. The molecule has 0 bridgehead atoms. The average molecular weight is 559 g/mol. The number of rotatable bonds is 15. The van der Waals surface area contributed by atoms with Gasteiger partial charge in [0.2, 0.25) is 5.88 Å². The molecule has 1 aromatic heterocycles. The highest BCUT2D eigenvalue weighted by atomic mass is 79.9. The molecule has 0 aliphatic heterocycles. The van der Waals surface area contributed by atoms with Crippen LogP contribution < -0.4 is 21.1 Å². The molecule has 2 aromatic rings. The maximum Gasteiger partial charge on any atom is 0.319 e. The number of nitrogens with zero attached hydrogens (tertiary/aromatic N) is 2. The van der Waals surface area contributed by atoms with Crippen LogP contribution in [0.5, 0.6) is 5.88 Å². The van der Waals surface area contributed by atoms with Crippen molar-refractivity contribution in [3.05, 3.63) is 39.6 Å². The average Bonchev–Trinajstić information content (AvgIpc) is 3.19. The van der Waals surface area contributed by atoms with Crippen LogP contribution in [0, 0.1) is 5.82 Å². The molecule has 0 aliphatic rings. The smallest absolute Gasteiger partial charge is 0.319 e. The molecule has 0 unspecified atom stereocenters. The molecule has 188 valence electrons. The van der Waals surface area contributed by atoms with Crippen molar-refractivity contribution in [2.75, 3.05) is 31.5 Å². The first kappa shape index (κ1) is 28.0. The lowest BCUT2D eigenvalue weighted by Gasteiger charge is -2.21. The van der Waals surface area contributed by atoms with Crippen LogP contribution in [-0.2, 0) is 6.61 Å². The van der Waals surface area contributed by atoms with E-state index in [0.29, 0.717) is 16.6 Å². The Hall–Kier alpha value is -2.24. The number of amides is 3. The van der Waals surface area contributed by atoms with Gasteiger partial charge in [-0.3, -0.25) is 10.1 Å². The van der Waals surface area contributed by atoms with E-state index < -0.39 is 17.8 Å². The molecule has 0 atom stereocenters. The van der Waals surface area contributed by atoms with E-state index in [2.05, 4.69) is 49.7 Å². The van der Waals surface area contributed by atoms with Crippen LogP contribution in [0.3, 0.4) is 0 Å².